The van der Waals surface area contributed by atoms with Gasteiger partial charge in [-0.2, -0.15) is 0 Å². The minimum atomic E-state index is -0.851. The number of anilines is 4. The van der Waals surface area contributed by atoms with Crippen molar-refractivity contribution in [3.63, 3.8) is 0 Å². The number of rotatable bonds is 10. The van der Waals surface area contributed by atoms with Gasteiger partial charge in [-0.05, 0) is 217 Å². The summed E-state index contributed by atoms with van der Waals surface area (Å²) in [6.45, 7) is 8.29. The Morgan fingerprint density at radius 1 is 0.529 bits per heavy atom. The largest absolute Gasteiger partial charge is 0.510 e. The topological polar surface area (TPSA) is 134 Å². The fourth-order valence-corrected chi connectivity index (χ4v) is 11.5. The Hall–Kier alpha value is -5.49. The van der Waals surface area contributed by atoms with Gasteiger partial charge < -0.3 is 29.9 Å². The van der Waals surface area contributed by atoms with Gasteiger partial charge in [0.15, 0.2) is 8.22 Å². The third-order valence-corrected chi connectivity index (χ3v) is 15.6. The van der Waals surface area contributed by atoms with Crippen molar-refractivity contribution < 1.29 is 33.4 Å². The molecule has 15 heteroatoms. The molecule has 4 amide bonds. The summed E-state index contributed by atoms with van der Waals surface area (Å²) < 4.78 is 10.7. The molecule has 6 aromatic carbocycles. The number of nitrogens with zero attached hydrogens (tertiary/aromatic N) is 2. The number of nitrogens with one attached hydrogen (secondary N) is 2. The van der Waals surface area contributed by atoms with Crippen molar-refractivity contribution in [2.24, 2.45) is 0 Å². The number of benzene rings is 6. The van der Waals surface area contributed by atoms with Crippen LogP contribution in [0, 0.1) is 27.7 Å². The molecule has 4 unspecified atom stereocenters. The Morgan fingerprint density at radius 3 is 1.31 bits per heavy atom. The number of aryl methyl sites for hydroxylation is 4. The maximum atomic E-state index is 14.4. The zero-order valence-corrected chi connectivity index (χ0v) is 44.7. The first-order valence-electron chi connectivity index (χ1n) is 22.9. The predicted molar refractivity (Wildman–Crippen MR) is 294 cm³/mol. The van der Waals surface area contributed by atoms with Gasteiger partial charge in [-0.25, -0.2) is 4.79 Å². The van der Waals surface area contributed by atoms with E-state index in [4.69, 9.17) is 32.7 Å². The normalized spacial score (nSPS) is 16.3. The molecule has 70 heavy (non-hydrogen) atoms. The fourth-order valence-electron chi connectivity index (χ4n) is 9.27. The second-order valence-electron chi connectivity index (χ2n) is 17.6. The lowest BCUT2D eigenvalue weighted by Gasteiger charge is -2.28. The summed E-state index contributed by atoms with van der Waals surface area (Å²) >= 11 is 17.4. The SMILES string of the molecule is Cc1ccccc1C(=O)Nc1ccc(C(=O)N2CCCC(C(I)OC(=O)OC(I)C3CCCN(C(=O)c4ccc(NC(=O)c5ccccc5C)cc4C)c4ccc(Cl)cc43)c3cc(Cl)ccc32)c(C)c1. The highest BCUT2D eigenvalue weighted by atomic mass is 127. The third kappa shape index (κ3) is 11.3. The number of alkyl halides is 2. The van der Waals surface area contributed by atoms with E-state index in [1.165, 1.54) is 0 Å². The van der Waals surface area contributed by atoms with Crippen molar-refractivity contribution in [2.45, 2.75) is 73.4 Å². The number of amides is 4. The monoisotopic (exact) mass is 1200 g/mol. The number of carbonyl (C=O) groups excluding carboxylic acids is 5. The second kappa shape index (κ2) is 22.3. The molecule has 0 aliphatic carbocycles. The van der Waals surface area contributed by atoms with Crippen molar-refractivity contribution >= 4 is 121 Å². The summed E-state index contributed by atoms with van der Waals surface area (Å²) in [6.07, 6.45) is 1.56. The van der Waals surface area contributed by atoms with E-state index in [1.54, 1.807) is 70.5 Å². The van der Waals surface area contributed by atoms with Crippen LogP contribution in [0.2, 0.25) is 10.0 Å². The molecule has 2 aliphatic heterocycles. The molecule has 2 aliphatic rings. The Labute approximate surface area is 444 Å². The van der Waals surface area contributed by atoms with Gasteiger partial charge in [0.2, 0.25) is 0 Å². The van der Waals surface area contributed by atoms with Gasteiger partial charge in [0, 0.05) is 80.0 Å². The molecule has 8 rings (SSSR count). The zero-order chi connectivity index (χ0) is 49.8. The molecule has 0 spiro atoms. The van der Waals surface area contributed by atoms with E-state index < -0.39 is 14.4 Å². The highest BCUT2D eigenvalue weighted by Crippen LogP contribution is 2.44. The Balaban J connectivity index is 0.943. The van der Waals surface area contributed by atoms with Crippen LogP contribution in [0.1, 0.15) is 112 Å². The first-order chi connectivity index (χ1) is 33.6. The molecule has 2 N–H and O–H groups in total. The van der Waals surface area contributed by atoms with Gasteiger partial charge in [0.05, 0.1) is 0 Å². The Bertz CT molecular complexity index is 2820. The molecule has 4 atom stereocenters. The van der Waals surface area contributed by atoms with Crippen LogP contribution in [-0.4, -0.2) is 51.1 Å². The minimum absolute atomic E-state index is 0.201. The van der Waals surface area contributed by atoms with Crippen molar-refractivity contribution in [1.82, 2.24) is 0 Å². The molecule has 360 valence electrons. The number of carbonyl (C=O) groups is 5. The number of hydrogen-bond acceptors (Lipinski definition) is 7. The number of ether oxygens (including phenoxy) is 2. The van der Waals surface area contributed by atoms with Crippen molar-refractivity contribution in [2.75, 3.05) is 33.5 Å². The molecular weight excluding hydrogens is 1150 g/mol. The van der Waals surface area contributed by atoms with E-state index in [2.05, 4.69) is 55.8 Å². The lowest BCUT2D eigenvalue weighted by atomic mass is 9.94. The van der Waals surface area contributed by atoms with Crippen LogP contribution in [0.3, 0.4) is 0 Å². The standard InChI is InChI=1S/C55H50Cl2I2N4O7/c1-31-11-5-7-13-39(31)51(64)60-37-19-21-41(33(3)27-37)53(66)62-25-9-15-43(45-29-35(56)17-23-47(45)62)49(58)69-55(68)70-50(59)44-16-10-26-63(48-24-18-36(57)30-46(44)48)54(67)42-22-20-38(28-34(42)4)61-52(65)40-14-8-6-12-32(40)2/h5-8,11-14,17-24,27-30,43-44,49-50H,9-10,15-16,25-26H2,1-4H3,(H,60,64)(H,61,65). The van der Waals surface area contributed by atoms with E-state index in [1.807, 2.05) is 88.4 Å². The highest BCUT2D eigenvalue weighted by Gasteiger charge is 2.37. The van der Waals surface area contributed by atoms with Crippen LogP contribution >= 0.6 is 68.4 Å². The predicted octanol–water partition coefficient (Wildman–Crippen LogP) is 14.2. The maximum absolute atomic E-state index is 14.4. The summed E-state index contributed by atoms with van der Waals surface area (Å²) in [7, 11) is 0. The van der Waals surface area contributed by atoms with E-state index in [0.29, 0.717) is 105 Å². The van der Waals surface area contributed by atoms with Crippen molar-refractivity contribution in [3.05, 3.63) is 187 Å². The average molecular weight is 1200 g/mol. The Kier molecular flexibility index (Phi) is 16.2. The van der Waals surface area contributed by atoms with Crippen LogP contribution in [0.25, 0.3) is 0 Å². The van der Waals surface area contributed by atoms with Gasteiger partial charge in [0.25, 0.3) is 23.6 Å². The molecule has 11 nitrogen and oxygen atoms in total. The maximum Gasteiger partial charge on any atom is 0.510 e. The van der Waals surface area contributed by atoms with Crippen LogP contribution < -0.4 is 20.4 Å². The molecular formula is C55H50Cl2I2N4O7. The summed E-state index contributed by atoms with van der Waals surface area (Å²) in [4.78, 5) is 72.1. The summed E-state index contributed by atoms with van der Waals surface area (Å²) in [5.41, 5.74) is 9.30. The van der Waals surface area contributed by atoms with Crippen molar-refractivity contribution in [3.8, 4) is 0 Å². The van der Waals surface area contributed by atoms with Gasteiger partial charge in [-0.15, -0.1) is 0 Å². The van der Waals surface area contributed by atoms with E-state index in [9.17, 15) is 24.0 Å². The molecule has 0 saturated carbocycles. The molecule has 0 bridgehead atoms. The van der Waals surface area contributed by atoms with Crippen LogP contribution in [0.4, 0.5) is 27.5 Å². The number of hydrogen-bond donors (Lipinski definition) is 2. The molecule has 0 fully saturated rings. The fraction of sp³-hybridized carbons (Fsp3) is 0.255. The molecule has 0 aromatic heterocycles. The summed E-state index contributed by atoms with van der Waals surface area (Å²) in [6, 6.07) is 36.0. The van der Waals surface area contributed by atoms with Gasteiger partial charge in [0.1, 0.15) is 0 Å². The molecule has 6 aromatic rings. The minimum Gasteiger partial charge on any atom is -0.420 e. The van der Waals surface area contributed by atoms with E-state index >= 15 is 0 Å². The third-order valence-electron chi connectivity index (χ3n) is 12.9. The quantitative estimate of drug-likeness (QED) is 0.0792. The van der Waals surface area contributed by atoms with Crippen LogP contribution in [0.5, 0.6) is 0 Å². The van der Waals surface area contributed by atoms with Crippen LogP contribution in [0.15, 0.2) is 121 Å². The smallest absolute Gasteiger partial charge is 0.420 e. The first-order valence-corrected chi connectivity index (χ1v) is 26.2. The average Bonchev–Trinajstić information content (AvgIpc) is 3.63. The molecule has 0 radical (unpaired) electrons. The Morgan fingerprint density at radius 2 is 0.929 bits per heavy atom. The summed E-state index contributed by atoms with van der Waals surface area (Å²) in [5.74, 6) is -1.51. The highest BCUT2D eigenvalue weighted by molar-refractivity contribution is 14.1. The molecule has 0 saturated heterocycles. The first kappa shape index (κ1) is 50.9. The molecule has 2 heterocycles. The lowest BCUT2D eigenvalue weighted by Crippen LogP contribution is -2.32. The van der Waals surface area contributed by atoms with Gasteiger partial charge in [-0.1, -0.05) is 59.6 Å². The van der Waals surface area contributed by atoms with E-state index in [-0.39, 0.29) is 35.5 Å². The zero-order valence-electron chi connectivity index (χ0n) is 38.9. The van der Waals surface area contributed by atoms with Gasteiger partial charge >= 0.3 is 6.16 Å². The second-order valence-corrected chi connectivity index (χ2v) is 20.9. The van der Waals surface area contributed by atoms with Gasteiger partial charge in [-0.3, -0.25) is 19.2 Å². The lowest BCUT2D eigenvalue weighted by molar-refractivity contribution is 0.0357. The van der Waals surface area contributed by atoms with E-state index in [0.717, 1.165) is 22.3 Å². The van der Waals surface area contributed by atoms with Crippen molar-refractivity contribution in [1.29, 1.82) is 0 Å². The number of fused-ring (bicyclic) bond motifs is 2. The summed E-state index contributed by atoms with van der Waals surface area (Å²) in [5, 5.41) is 6.87. The van der Waals surface area contributed by atoms with Crippen LogP contribution in [-0.2, 0) is 9.47 Å². The number of halogens is 4.